The zero-order valence-electron chi connectivity index (χ0n) is 9.70. The Labute approximate surface area is 109 Å². The number of rotatable bonds is 2. The van der Waals surface area contributed by atoms with Crippen molar-refractivity contribution in [1.29, 1.82) is 0 Å². The normalized spacial score (nSPS) is 10.3. The minimum Gasteiger partial charge on any atom is -0.344 e. The molecule has 4 heteroatoms. The second-order valence-electron chi connectivity index (χ2n) is 3.88. The molecule has 0 atom stereocenters. The van der Waals surface area contributed by atoms with Crippen molar-refractivity contribution in [1.82, 2.24) is 4.57 Å². The summed E-state index contributed by atoms with van der Waals surface area (Å²) in [6.45, 7) is 1.97. The van der Waals surface area contributed by atoms with E-state index in [2.05, 4.69) is 21.2 Å². The molecular weight excluding hydrogens is 280 g/mol. The van der Waals surface area contributed by atoms with Gasteiger partial charge in [-0.2, -0.15) is 0 Å². The van der Waals surface area contributed by atoms with Crippen LogP contribution in [0.2, 0.25) is 0 Å². The number of hydrogen-bond acceptors (Lipinski definition) is 1. The number of hydrogen-bond donors (Lipinski definition) is 1. The second-order valence-corrected chi connectivity index (χ2v) is 4.80. The van der Waals surface area contributed by atoms with Crippen molar-refractivity contribution in [3.63, 3.8) is 0 Å². The van der Waals surface area contributed by atoms with E-state index in [4.69, 9.17) is 0 Å². The van der Waals surface area contributed by atoms with E-state index in [1.165, 1.54) is 0 Å². The molecule has 0 spiro atoms. The summed E-state index contributed by atoms with van der Waals surface area (Å²) in [6, 6.07) is 11.3. The fourth-order valence-corrected chi connectivity index (χ4v) is 1.83. The van der Waals surface area contributed by atoms with Gasteiger partial charge in [0.1, 0.15) is 5.69 Å². The number of nitrogens with zero attached hydrogens (tertiary/aromatic N) is 1. The number of carbonyl (C=O) groups excluding carboxylic acids is 1. The molecule has 88 valence electrons. The molecule has 0 fully saturated rings. The zero-order valence-corrected chi connectivity index (χ0v) is 11.3. The highest BCUT2D eigenvalue weighted by molar-refractivity contribution is 9.10. The van der Waals surface area contributed by atoms with Crippen LogP contribution >= 0.6 is 15.9 Å². The summed E-state index contributed by atoms with van der Waals surface area (Å²) in [5, 5.41) is 2.86. The van der Waals surface area contributed by atoms with Crippen LogP contribution in [0.3, 0.4) is 0 Å². The Morgan fingerprint density at radius 1 is 1.18 bits per heavy atom. The minimum absolute atomic E-state index is 0.0945. The van der Waals surface area contributed by atoms with E-state index in [0.717, 1.165) is 15.9 Å². The number of nitrogens with one attached hydrogen (secondary N) is 1. The molecule has 2 rings (SSSR count). The van der Waals surface area contributed by atoms with Crippen LogP contribution in [0.5, 0.6) is 0 Å². The Balaban J connectivity index is 2.17. The molecule has 1 heterocycles. The predicted molar refractivity (Wildman–Crippen MR) is 72.2 cm³/mol. The van der Waals surface area contributed by atoms with Crippen molar-refractivity contribution in [3.8, 4) is 0 Å². The van der Waals surface area contributed by atoms with Crippen molar-refractivity contribution < 1.29 is 4.79 Å². The molecule has 1 amide bonds. The number of aryl methyl sites for hydroxylation is 1. The third-order valence-corrected chi connectivity index (χ3v) is 3.24. The van der Waals surface area contributed by atoms with Crippen molar-refractivity contribution >= 4 is 27.5 Å². The maximum atomic E-state index is 12.0. The van der Waals surface area contributed by atoms with Crippen molar-refractivity contribution in [2.24, 2.45) is 7.05 Å². The number of aromatic nitrogens is 1. The maximum Gasteiger partial charge on any atom is 0.272 e. The Kier molecular flexibility index (Phi) is 3.33. The molecule has 0 aliphatic rings. The van der Waals surface area contributed by atoms with Crippen LogP contribution in [0.4, 0.5) is 5.69 Å². The first-order chi connectivity index (χ1) is 8.08. The molecule has 0 radical (unpaired) electrons. The molecule has 0 aliphatic carbocycles. The monoisotopic (exact) mass is 292 g/mol. The SMILES string of the molecule is Cc1ccc(C(=O)Nc2ccc(Br)cc2)n1C. The number of amides is 1. The molecule has 2 aromatic rings. The second kappa shape index (κ2) is 4.75. The number of carbonyl (C=O) groups is 1. The Morgan fingerprint density at radius 3 is 2.35 bits per heavy atom. The Hall–Kier alpha value is -1.55. The standard InChI is InChI=1S/C13H13BrN2O/c1-9-3-8-12(16(9)2)13(17)15-11-6-4-10(14)5-7-11/h3-8H,1-2H3,(H,15,17). The summed E-state index contributed by atoms with van der Waals surface area (Å²) in [5.41, 5.74) is 2.51. The van der Waals surface area contributed by atoms with Crippen molar-refractivity contribution in [2.45, 2.75) is 6.92 Å². The topological polar surface area (TPSA) is 34.0 Å². The lowest BCUT2D eigenvalue weighted by atomic mass is 10.3. The van der Waals surface area contributed by atoms with Crippen LogP contribution in [0, 0.1) is 6.92 Å². The van der Waals surface area contributed by atoms with Gasteiger partial charge in [0.05, 0.1) is 0 Å². The quantitative estimate of drug-likeness (QED) is 0.905. The summed E-state index contributed by atoms with van der Waals surface area (Å²) in [4.78, 5) is 12.0. The fourth-order valence-electron chi connectivity index (χ4n) is 1.57. The smallest absolute Gasteiger partial charge is 0.272 e. The molecule has 17 heavy (non-hydrogen) atoms. The first-order valence-electron chi connectivity index (χ1n) is 5.27. The largest absolute Gasteiger partial charge is 0.344 e. The van der Waals surface area contributed by atoms with Crippen molar-refractivity contribution in [2.75, 3.05) is 5.32 Å². The van der Waals surface area contributed by atoms with Gasteiger partial charge >= 0.3 is 0 Å². The third kappa shape index (κ3) is 2.58. The fraction of sp³-hybridized carbons (Fsp3) is 0.154. The predicted octanol–water partition coefficient (Wildman–Crippen LogP) is 3.35. The van der Waals surface area contributed by atoms with Gasteiger partial charge in [-0.3, -0.25) is 4.79 Å². The minimum atomic E-state index is -0.0945. The van der Waals surface area contributed by atoms with Crippen LogP contribution in [-0.2, 0) is 7.05 Å². The van der Waals surface area contributed by atoms with Gasteiger partial charge in [-0.05, 0) is 43.3 Å². The lowest BCUT2D eigenvalue weighted by molar-refractivity contribution is 0.101. The summed E-state index contributed by atoms with van der Waals surface area (Å²) >= 11 is 3.35. The highest BCUT2D eigenvalue weighted by Crippen LogP contribution is 2.15. The van der Waals surface area contributed by atoms with Gasteiger partial charge in [0.25, 0.3) is 5.91 Å². The molecule has 1 N–H and O–H groups in total. The van der Waals surface area contributed by atoms with Gasteiger partial charge in [0.15, 0.2) is 0 Å². The van der Waals surface area contributed by atoms with Crippen LogP contribution in [0.1, 0.15) is 16.2 Å². The number of benzene rings is 1. The molecule has 1 aromatic carbocycles. The lowest BCUT2D eigenvalue weighted by Crippen LogP contribution is -2.15. The van der Waals surface area contributed by atoms with Crippen LogP contribution in [-0.4, -0.2) is 10.5 Å². The first kappa shape index (κ1) is 11.9. The average molecular weight is 293 g/mol. The van der Waals surface area contributed by atoms with E-state index < -0.39 is 0 Å². The molecule has 0 bridgehead atoms. The summed E-state index contributed by atoms with van der Waals surface area (Å²) in [6.07, 6.45) is 0. The van der Waals surface area contributed by atoms with Crippen molar-refractivity contribution in [3.05, 3.63) is 52.3 Å². The van der Waals surface area contributed by atoms with E-state index in [0.29, 0.717) is 5.69 Å². The van der Waals surface area contributed by atoms with Gasteiger partial charge in [0.2, 0.25) is 0 Å². The molecule has 0 aliphatic heterocycles. The van der Waals surface area contributed by atoms with E-state index in [1.807, 2.05) is 54.9 Å². The van der Waals surface area contributed by atoms with E-state index in [1.54, 1.807) is 0 Å². The molecule has 0 saturated carbocycles. The summed E-state index contributed by atoms with van der Waals surface area (Å²) in [7, 11) is 1.88. The lowest BCUT2D eigenvalue weighted by Gasteiger charge is -2.07. The Morgan fingerprint density at radius 2 is 1.82 bits per heavy atom. The number of anilines is 1. The Bertz CT molecular complexity index is 543. The highest BCUT2D eigenvalue weighted by Gasteiger charge is 2.10. The average Bonchev–Trinajstić information content (AvgIpc) is 2.63. The molecule has 1 aromatic heterocycles. The van der Waals surface area contributed by atoms with E-state index in [9.17, 15) is 4.79 Å². The van der Waals surface area contributed by atoms with Crippen LogP contribution in [0.15, 0.2) is 40.9 Å². The van der Waals surface area contributed by atoms with Gasteiger partial charge in [0, 0.05) is 22.9 Å². The first-order valence-corrected chi connectivity index (χ1v) is 6.06. The number of halogens is 1. The summed E-state index contributed by atoms with van der Waals surface area (Å²) in [5.74, 6) is -0.0945. The zero-order chi connectivity index (χ0) is 12.4. The highest BCUT2D eigenvalue weighted by atomic mass is 79.9. The third-order valence-electron chi connectivity index (χ3n) is 2.71. The van der Waals surface area contributed by atoms with Gasteiger partial charge < -0.3 is 9.88 Å². The molecule has 0 saturated heterocycles. The molecular formula is C13H13BrN2O. The van der Waals surface area contributed by atoms with Gasteiger partial charge in [-0.1, -0.05) is 15.9 Å². The van der Waals surface area contributed by atoms with Gasteiger partial charge in [-0.25, -0.2) is 0 Å². The van der Waals surface area contributed by atoms with Crippen LogP contribution in [0.25, 0.3) is 0 Å². The van der Waals surface area contributed by atoms with Crippen LogP contribution < -0.4 is 5.32 Å². The van der Waals surface area contributed by atoms with E-state index in [-0.39, 0.29) is 5.91 Å². The van der Waals surface area contributed by atoms with Gasteiger partial charge in [-0.15, -0.1) is 0 Å². The maximum absolute atomic E-state index is 12.0. The van der Waals surface area contributed by atoms with E-state index >= 15 is 0 Å². The molecule has 3 nitrogen and oxygen atoms in total. The molecule has 0 unspecified atom stereocenters. The summed E-state index contributed by atoms with van der Waals surface area (Å²) < 4.78 is 2.86.